The summed E-state index contributed by atoms with van der Waals surface area (Å²) in [6, 6.07) is 3.66. The first-order valence-electron chi connectivity index (χ1n) is 4.86. The van der Waals surface area contributed by atoms with E-state index in [1.54, 1.807) is 0 Å². The number of halogens is 4. The maximum absolute atomic E-state index is 13.6. The first-order valence-corrected chi connectivity index (χ1v) is 5.24. The quantitative estimate of drug-likeness (QED) is 0.366. The minimum Gasteiger partial charge on any atom is -0.258 e. The lowest BCUT2D eigenvalue weighted by Crippen LogP contribution is -1.99. The lowest BCUT2D eigenvalue weighted by Gasteiger charge is -2.05. The fraction of sp³-hybridized carbons (Fsp3) is 0. The first-order chi connectivity index (χ1) is 8.91. The number of benzene rings is 1. The van der Waals surface area contributed by atoms with Crippen molar-refractivity contribution < 1.29 is 18.1 Å². The van der Waals surface area contributed by atoms with Gasteiger partial charge in [-0.15, -0.1) is 0 Å². The molecular weight excluding hydrogens is 285 g/mol. The van der Waals surface area contributed by atoms with Crippen LogP contribution in [0.2, 0.25) is 5.15 Å². The molecule has 2 rings (SSSR count). The molecule has 0 aliphatic carbocycles. The molecule has 0 aliphatic rings. The molecule has 0 radical (unpaired) electrons. The summed E-state index contributed by atoms with van der Waals surface area (Å²) < 4.78 is 39.6. The van der Waals surface area contributed by atoms with E-state index in [9.17, 15) is 23.3 Å². The number of rotatable bonds is 2. The molecule has 0 atom stereocenters. The van der Waals surface area contributed by atoms with Gasteiger partial charge in [0.25, 0.3) is 5.69 Å². The van der Waals surface area contributed by atoms with Crippen molar-refractivity contribution in [2.45, 2.75) is 0 Å². The standard InChI is InChI=1S/C11H4ClF3N2O2/c12-8-4-3-7(17(18)19)11(16-8)5-1-2-6(13)10(15)9(5)14/h1-4H. The molecule has 0 saturated carbocycles. The molecule has 2 aromatic rings. The van der Waals surface area contributed by atoms with Crippen LogP contribution in [0.15, 0.2) is 24.3 Å². The van der Waals surface area contributed by atoms with Crippen molar-refractivity contribution in [3.63, 3.8) is 0 Å². The lowest BCUT2D eigenvalue weighted by atomic mass is 10.1. The molecule has 0 unspecified atom stereocenters. The minimum atomic E-state index is -1.73. The zero-order valence-corrected chi connectivity index (χ0v) is 9.79. The second-order valence-corrected chi connectivity index (χ2v) is 3.87. The first kappa shape index (κ1) is 13.3. The highest BCUT2D eigenvalue weighted by Gasteiger charge is 2.23. The number of hydrogen-bond donors (Lipinski definition) is 0. The van der Waals surface area contributed by atoms with E-state index in [1.165, 1.54) is 0 Å². The van der Waals surface area contributed by atoms with Gasteiger partial charge in [0, 0.05) is 11.6 Å². The Balaban J connectivity index is 2.75. The molecule has 98 valence electrons. The van der Waals surface area contributed by atoms with Gasteiger partial charge in [-0.05, 0) is 18.2 Å². The Morgan fingerprint density at radius 3 is 2.42 bits per heavy atom. The Labute approximate surface area is 109 Å². The summed E-state index contributed by atoms with van der Waals surface area (Å²) in [6.07, 6.45) is 0. The molecule has 4 nitrogen and oxygen atoms in total. The van der Waals surface area contributed by atoms with Crippen LogP contribution in [0, 0.1) is 27.6 Å². The molecule has 1 heterocycles. The Morgan fingerprint density at radius 1 is 1.11 bits per heavy atom. The van der Waals surface area contributed by atoms with Crippen LogP contribution in [0.25, 0.3) is 11.3 Å². The third-order valence-electron chi connectivity index (χ3n) is 2.33. The largest absolute Gasteiger partial charge is 0.295 e. The van der Waals surface area contributed by atoms with E-state index in [2.05, 4.69) is 4.98 Å². The van der Waals surface area contributed by atoms with E-state index in [4.69, 9.17) is 11.6 Å². The molecule has 1 aromatic heterocycles. The van der Waals surface area contributed by atoms with Gasteiger partial charge in [0.15, 0.2) is 23.1 Å². The fourth-order valence-corrected chi connectivity index (χ4v) is 1.63. The summed E-state index contributed by atoms with van der Waals surface area (Å²) in [5.74, 6) is -4.68. The third kappa shape index (κ3) is 2.37. The number of hydrogen-bond acceptors (Lipinski definition) is 3. The monoisotopic (exact) mass is 288 g/mol. The van der Waals surface area contributed by atoms with E-state index in [1.807, 2.05) is 0 Å². The summed E-state index contributed by atoms with van der Waals surface area (Å²) in [5, 5.41) is 10.7. The highest BCUT2D eigenvalue weighted by molar-refractivity contribution is 6.29. The van der Waals surface area contributed by atoms with Gasteiger partial charge in [-0.25, -0.2) is 18.2 Å². The van der Waals surface area contributed by atoms with E-state index in [0.29, 0.717) is 6.07 Å². The SMILES string of the molecule is O=[N+]([O-])c1ccc(Cl)nc1-c1ccc(F)c(F)c1F. The van der Waals surface area contributed by atoms with Gasteiger partial charge < -0.3 is 0 Å². The average Bonchev–Trinajstić information content (AvgIpc) is 2.35. The van der Waals surface area contributed by atoms with Crippen molar-refractivity contribution in [1.29, 1.82) is 0 Å². The van der Waals surface area contributed by atoms with Crippen LogP contribution >= 0.6 is 11.6 Å². The molecule has 0 fully saturated rings. The van der Waals surface area contributed by atoms with Crippen molar-refractivity contribution in [1.82, 2.24) is 4.98 Å². The minimum absolute atomic E-state index is 0.135. The van der Waals surface area contributed by atoms with Gasteiger partial charge in [-0.3, -0.25) is 10.1 Å². The van der Waals surface area contributed by atoms with Gasteiger partial charge in [0.05, 0.1) is 4.92 Å². The molecule has 0 N–H and O–H groups in total. The van der Waals surface area contributed by atoms with E-state index in [0.717, 1.165) is 18.2 Å². The molecule has 0 saturated heterocycles. The van der Waals surface area contributed by atoms with E-state index >= 15 is 0 Å². The fourth-order valence-electron chi connectivity index (χ4n) is 1.48. The highest BCUT2D eigenvalue weighted by Crippen LogP contribution is 2.32. The second kappa shape index (κ2) is 4.85. The van der Waals surface area contributed by atoms with Crippen molar-refractivity contribution in [3.8, 4) is 11.3 Å². The molecule has 0 spiro atoms. The van der Waals surface area contributed by atoms with E-state index < -0.39 is 39.3 Å². The summed E-state index contributed by atoms with van der Waals surface area (Å²) in [7, 11) is 0. The maximum atomic E-state index is 13.6. The van der Waals surface area contributed by atoms with Gasteiger partial charge in [0.1, 0.15) is 5.15 Å². The Morgan fingerprint density at radius 2 is 1.79 bits per heavy atom. The predicted molar refractivity (Wildman–Crippen MR) is 61.2 cm³/mol. The van der Waals surface area contributed by atoms with Crippen molar-refractivity contribution in [2.24, 2.45) is 0 Å². The zero-order chi connectivity index (χ0) is 14.2. The Hall–Kier alpha value is -2.15. The molecule has 0 amide bonds. The van der Waals surface area contributed by atoms with Crippen molar-refractivity contribution >= 4 is 17.3 Å². The molecule has 0 bridgehead atoms. The maximum Gasteiger partial charge on any atom is 0.295 e. The lowest BCUT2D eigenvalue weighted by molar-refractivity contribution is -0.384. The molecular formula is C11H4ClF3N2O2. The number of nitro groups is 1. The molecule has 19 heavy (non-hydrogen) atoms. The van der Waals surface area contributed by atoms with Crippen LogP contribution in [-0.2, 0) is 0 Å². The average molecular weight is 289 g/mol. The number of nitrogens with zero attached hydrogens (tertiary/aromatic N) is 2. The van der Waals surface area contributed by atoms with Crippen LogP contribution in [0.3, 0.4) is 0 Å². The van der Waals surface area contributed by atoms with Gasteiger partial charge in [-0.1, -0.05) is 11.6 Å². The topological polar surface area (TPSA) is 56.0 Å². The number of pyridine rings is 1. The Bertz CT molecular complexity index is 679. The van der Waals surface area contributed by atoms with Gasteiger partial charge in [-0.2, -0.15) is 0 Å². The zero-order valence-electron chi connectivity index (χ0n) is 9.03. The molecule has 0 aliphatic heterocycles. The van der Waals surface area contributed by atoms with Gasteiger partial charge >= 0.3 is 0 Å². The van der Waals surface area contributed by atoms with Gasteiger partial charge in [0.2, 0.25) is 0 Å². The van der Waals surface area contributed by atoms with Crippen molar-refractivity contribution in [2.75, 3.05) is 0 Å². The van der Waals surface area contributed by atoms with Crippen LogP contribution in [-0.4, -0.2) is 9.91 Å². The Kier molecular flexibility index (Phi) is 3.39. The van der Waals surface area contributed by atoms with Crippen LogP contribution in [0.4, 0.5) is 18.9 Å². The van der Waals surface area contributed by atoms with Crippen molar-refractivity contribution in [3.05, 3.63) is 57.0 Å². The van der Waals surface area contributed by atoms with E-state index in [-0.39, 0.29) is 5.15 Å². The molecule has 1 aromatic carbocycles. The second-order valence-electron chi connectivity index (χ2n) is 3.48. The summed E-state index contributed by atoms with van der Waals surface area (Å²) >= 11 is 5.57. The van der Waals surface area contributed by atoms with Crippen LogP contribution in [0.1, 0.15) is 0 Å². The highest BCUT2D eigenvalue weighted by atomic mass is 35.5. The van der Waals surface area contributed by atoms with Crippen LogP contribution < -0.4 is 0 Å². The summed E-state index contributed by atoms with van der Waals surface area (Å²) in [4.78, 5) is 13.6. The normalized spacial score (nSPS) is 10.5. The summed E-state index contributed by atoms with van der Waals surface area (Å²) in [5.41, 5.74) is -1.56. The predicted octanol–water partition coefficient (Wildman–Crippen LogP) is 3.73. The third-order valence-corrected chi connectivity index (χ3v) is 2.54. The number of aromatic nitrogens is 1. The molecule has 8 heteroatoms. The summed E-state index contributed by atoms with van der Waals surface area (Å²) in [6.45, 7) is 0. The van der Waals surface area contributed by atoms with Crippen LogP contribution in [0.5, 0.6) is 0 Å². The smallest absolute Gasteiger partial charge is 0.258 e.